The topological polar surface area (TPSA) is 50.4 Å². The maximum absolute atomic E-state index is 12.5. The third-order valence-electron chi connectivity index (χ3n) is 3.64. The highest BCUT2D eigenvalue weighted by atomic mass is 19.4. The Labute approximate surface area is 117 Å². The van der Waals surface area contributed by atoms with Gasteiger partial charge in [0.1, 0.15) is 0 Å². The standard InChI is InChI=1S/C13H23F3N2O2/c1-20-9-8-17-6-7-18-12(19)10-2-4-11(5-3-10)13(14,15)16/h10-11,17H,2-9H2,1H3,(H,18,19). The Bertz CT molecular complexity index is 290. The van der Waals surface area contributed by atoms with E-state index < -0.39 is 12.1 Å². The van der Waals surface area contributed by atoms with E-state index in [1.54, 1.807) is 7.11 Å². The first kappa shape index (κ1) is 17.2. The molecule has 0 unspecified atom stereocenters. The maximum atomic E-state index is 12.5. The number of carbonyl (C=O) groups is 1. The number of alkyl halides is 3. The fourth-order valence-corrected chi connectivity index (χ4v) is 2.40. The first-order valence-corrected chi connectivity index (χ1v) is 6.99. The molecule has 4 nitrogen and oxygen atoms in total. The van der Waals surface area contributed by atoms with Crippen molar-refractivity contribution in [2.45, 2.75) is 31.9 Å². The van der Waals surface area contributed by atoms with Crippen LogP contribution in [0.2, 0.25) is 0 Å². The van der Waals surface area contributed by atoms with Gasteiger partial charge in [-0.2, -0.15) is 13.2 Å². The summed E-state index contributed by atoms with van der Waals surface area (Å²) >= 11 is 0. The van der Waals surface area contributed by atoms with Gasteiger partial charge in [-0.05, 0) is 25.7 Å². The summed E-state index contributed by atoms with van der Waals surface area (Å²) in [7, 11) is 1.61. The van der Waals surface area contributed by atoms with Crippen LogP contribution in [-0.2, 0) is 9.53 Å². The lowest BCUT2D eigenvalue weighted by molar-refractivity contribution is -0.184. The molecule has 0 heterocycles. The van der Waals surface area contributed by atoms with Crippen LogP contribution >= 0.6 is 0 Å². The quantitative estimate of drug-likeness (QED) is 0.703. The zero-order valence-corrected chi connectivity index (χ0v) is 11.8. The molecular formula is C13H23F3N2O2. The van der Waals surface area contributed by atoms with Gasteiger partial charge in [0.05, 0.1) is 12.5 Å². The molecule has 1 fully saturated rings. The van der Waals surface area contributed by atoms with Gasteiger partial charge in [0.2, 0.25) is 5.91 Å². The average Bonchev–Trinajstić information content (AvgIpc) is 2.41. The van der Waals surface area contributed by atoms with Crippen LogP contribution < -0.4 is 10.6 Å². The molecule has 0 aromatic rings. The Hall–Kier alpha value is -0.820. The number of methoxy groups -OCH3 is 1. The lowest BCUT2D eigenvalue weighted by Gasteiger charge is -2.29. The van der Waals surface area contributed by atoms with E-state index in [1.807, 2.05) is 0 Å². The molecule has 20 heavy (non-hydrogen) atoms. The SMILES string of the molecule is COCCNCCNC(=O)C1CCC(C(F)(F)F)CC1. The highest BCUT2D eigenvalue weighted by Crippen LogP contribution is 2.39. The zero-order chi connectivity index (χ0) is 15.0. The minimum Gasteiger partial charge on any atom is -0.383 e. The fraction of sp³-hybridized carbons (Fsp3) is 0.923. The Morgan fingerprint density at radius 2 is 1.80 bits per heavy atom. The lowest BCUT2D eigenvalue weighted by atomic mass is 9.81. The Morgan fingerprint density at radius 1 is 1.15 bits per heavy atom. The number of amides is 1. The van der Waals surface area contributed by atoms with Crippen LogP contribution in [0.15, 0.2) is 0 Å². The molecule has 0 spiro atoms. The summed E-state index contributed by atoms with van der Waals surface area (Å²) in [6.45, 7) is 2.44. The predicted octanol–water partition coefficient (Wildman–Crippen LogP) is 1.71. The van der Waals surface area contributed by atoms with E-state index in [-0.39, 0.29) is 24.7 Å². The van der Waals surface area contributed by atoms with Crippen molar-refractivity contribution in [2.75, 3.05) is 33.4 Å². The van der Waals surface area contributed by atoms with E-state index >= 15 is 0 Å². The smallest absolute Gasteiger partial charge is 0.383 e. The predicted molar refractivity (Wildman–Crippen MR) is 69.3 cm³/mol. The molecule has 0 bridgehead atoms. The summed E-state index contributed by atoms with van der Waals surface area (Å²) in [6.07, 6.45) is -3.34. The molecule has 2 N–H and O–H groups in total. The molecule has 0 atom stereocenters. The third kappa shape index (κ3) is 6.09. The van der Waals surface area contributed by atoms with Gasteiger partial charge < -0.3 is 15.4 Å². The molecule has 0 aromatic carbocycles. The normalized spacial score (nSPS) is 23.6. The number of halogens is 3. The number of carbonyl (C=O) groups excluding carboxylic acids is 1. The van der Waals surface area contributed by atoms with Crippen LogP contribution in [0, 0.1) is 11.8 Å². The van der Waals surface area contributed by atoms with Crippen molar-refractivity contribution in [1.82, 2.24) is 10.6 Å². The molecule has 7 heteroatoms. The van der Waals surface area contributed by atoms with Crippen molar-refractivity contribution < 1.29 is 22.7 Å². The molecule has 0 aliphatic heterocycles. The summed E-state index contributed by atoms with van der Waals surface area (Å²) in [6, 6.07) is 0. The van der Waals surface area contributed by atoms with Crippen molar-refractivity contribution >= 4 is 5.91 Å². The second-order valence-electron chi connectivity index (χ2n) is 5.12. The minimum absolute atomic E-state index is 0.0632. The molecular weight excluding hydrogens is 273 g/mol. The van der Waals surface area contributed by atoms with Gasteiger partial charge in [0.25, 0.3) is 0 Å². The van der Waals surface area contributed by atoms with Crippen molar-refractivity contribution in [1.29, 1.82) is 0 Å². The lowest BCUT2D eigenvalue weighted by Crippen LogP contribution is -2.39. The molecule has 1 amide bonds. The molecule has 118 valence electrons. The number of ether oxygens (including phenoxy) is 1. The summed E-state index contributed by atoms with van der Waals surface area (Å²) in [5, 5.41) is 5.84. The van der Waals surface area contributed by atoms with Crippen LogP contribution in [0.25, 0.3) is 0 Å². The Morgan fingerprint density at radius 3 is 2.35 bits per heavy atom. The highest BCUT2D eigenvalue weighted by Gasteiger charge is 2.42. The van der Waals surface area contributed by atoms with E-state index in [0.717, 1.165) is 0 Å². The highest BCUT2D eigenvalue weighted by molar-refractivity contribution is 5.78. The molecule has 1 aliphatic rings. The van der Waals surface area contributed by atoms with Crippen LogP contribution in [0.1, 0.15) is 25.7 Å². The van der Waals surface area contributed by atoms with Gasteiger partial charge in [-0.25, -0.2) is 0 Å². The molecule has 1 saturated carbocycles. The van der Waals surface area contributed by atoms with Crippen LogP contribution in [0.4, 0.5) is 13.2 Å². The number of hydrogen-bond donors (Lipinski definition) is 2. The average molecular weight is 296 g/mol. The molecule has 1 aliphatic carbocycles. The van der Waals surface area contributed by atoms with E-state index in [4.69, 9.17) is 4.74 Å². The second kappa shape index (κ2) is 8.46. The van der Waals surface area contributed by atoms with Crippen molar-refractivity contribution in [3.63, 3.8) is 0 Å². The van der Waals surface area contributed by atoms with Crippen LogP contribution in [-0.4, -0.2) is 45.4 Å². The largest absolute Gasteiger partial charge is 0.391 e. The summed E-state index contributed by atoms with van der Waals surface area (Å²) < 4.78 is 42.4. The van der Waals surface area contributed by atoms with Crippen LogP contribution in [0.5, 0.6) is 0 Å². The first-order valence-electron chi connectivity index (χ1n) is 6.99. The van der Waals surface area contributed by atoms with Crippen LogP contribution in [0.3, 0.4) is 0 Å². The van der Waals surface area contributed by atoms with Gasteiger partial charge in [-0.15, -0.1) is 0 Å². The van der Waals surface area contributed by atoms with E-state index in [1.165, 1.54) is 0 Å². The van der Waals surface area contributed by atoms with Gasteiger partial charge in [-0.3, -0.25) is 4.79 Å². The van der Waals surface area contributed by atoms with Gasteiger partial charge >= 0.3 is 6.18 Å². The molecule has 0 aromatic heterocycles. The zero-order valence-electron chi connectivity index (χ0n) is 11.8. The molecule has 0 radical (unpaired) electrons. The van der Waals surface area contributed by atoms with Gasteiger partial charge in [0.15, 0.2) is 0 Å². The Balaban J connectivity index is 2.13. The van der Waals surface area contributed by atoms with Crippen molar-refractivity contribution in [3.8, 4) is 0 Å². The fourth-order valence-electron chi connectivity index (χ4n) is 2.40. The van der Waals surface area contributed by atoms with Gasteiger partial charge in [0, 0.05) is 32.7 Å². The number of rotatable bonds is 7. The molecule has 0 saturated heterocycles. The third-order valence-corrected chi connectivity index (χ3v) is 3.64. The maximum Gasteiger partial charge on any atom is 0.391 e. The van der Waals surface area contributed by atoms with E-state index in [2.05, 4.69) is 10.6 Å². The Kier molecular flexibility index (Phi) is 7.29. The van der Waals surface area contributed by atoms with Crippen molar-refractivity contribution in [2.24, 2.45) is 11.8 Å². The van der Waals surface area contributed by atoms with Gasteiger partial charge in [-0.1, -0.05) is 0 Å². The second-order valence-corrected chi connectivity index (χ2v) is 5.12. The monoisotopic (exact) mass is 296 g/mol. The van der Waals surface area contributed by atoms with Crippen molar-refractivity contribution in [3.05, 3.63) is 0 Å². The summed E-state index contributed by atoms with van der Waals surface area (Å²) in [5.74, 6) is -1.63. The minimum atomic E-state index is -4.12. The number of nitrogens with one attached hydrogen (secondary N) is 2. The summed E-state index contributed by atoms with van der Waals surface area (Å²) in [5.41, 5.74) is 0. The first-order chi connectivity index (χ1) is 9.45. The van der Waals surface area contributed by atoms with E-state index in [0.29, 0.717) is 39.1 Å². The number of hydrogen-bond acceptors (Lipinski definition) is 3. The van der Waals surface area contributed by atoms with E-state index in [9.17, 15) is 18.0 Å². The summed E-state index contributed by atoms with van der Waals surface area (Å²) in [4.78, 5) is 11.8. The molecule has 1 rings (SSSR count).